The number of Topliss-reactive ketones (excluding diaryl/α,β-unsaturated/α-hetero) is 1. The second kappa shape index (κ2) is 8.28. The molecule has 0 amide bonds. The summed E-state index contributed by atoms with van der Waals surface area (Å²) in [5, 5.41) is 0. The lowest BCUT2D eigenvalue weighted by Gasteiger charge is -2.01. The summed E-state index contributed by atoms with van der Waals surface area (Å²) in [4.78, 5) is 11.0. The number of hydrogen-bond donors (Lipinski definition) is 0. The fourth-order valence-corrected chi connectivity index (χ4v) is 1.20. The average Bonchev–Trinajstić information content (AvgIpc) is 2.38. The molecule has 1 aromatic carbocycles. The van der Waals surface area contributed by atoms with Crippen molar-refractivity contribution in [2.75, 3.05) is 0 Å². The van der Waals surface area contributed by atoms with Gasteiger partial charge in [-0.25, -0.2) is 0 Å². The zero-order chi connectivity index (χ0) is 13.3. The minimum absolute atomic E-state index is 0.0776. The first kappa shape index (κ1) is 15.1. The van der Waals surface area contributed by atoms with Crippen molar-refractivity contribution >= 4 is 11.4 Å². The molecular weight excluding hydrogens is 208 g/mol. The smallest absolute Gasteiger partial charge is 0.159 e. The average molecular weight is 228 g/mol. The van der Waals surface area contributed by atoms with Gasteiger partial charge in [0.05, 0.1) is 0 Å². The number of benzene rings is 1. The number of ketones is 1. The van der Waals surface area contributed by atoms with Crippen LogP contribution in [0.15, 0.2) is 55.7 Å². The van der Waals surface area contributed by atoms with Crippen LogP contribution in [-0.4, -0.2) is 5.78 Å². The molecule has 0 radical (unpaired) electrons. The maximum absolute atomic E-state index is 11.0. The molecule has 0 atom stereocenters. The standard InChI is InChI=1S/C14H14O.C2H6/c1-4-5-6-11(2)13-7-9-14(10-8-13)12(3)15;1-2/h4-10H,1-2H2,3H3;1-2H3/b6-5-;. The highest BCUT2D eigenvalue weighted by Gasteiger charge is 1.99. The fraction of sp³-hybridized carbons (Fsp3) is 0.188. The summed E-state index contributed by atoms with van der Waals surface area (Å²) in [6.07, 6.45) is 5.42. The quantitative estimate of drug-likeness (QED) is 0.540. The third-order valence-electron chi connectivity index (χ3n) is 2.10. The molecule has 0 saturated carbocycles. The topological polar surface area (TPSA) is 17.1 Å². The van der Waals surface area contributed by atoms with Crippen LogP contribution in [0, 0.1) is 0 Å². The number of rotatable bonds is 4. The highest BCUT2D eigenvalue weighted by Crippen LogP contribution is 2.14. The van der Waals surface area contributed by atoms with Crippen molar-refractivity contribution in [3.8, 4) is 0 Å². The Morgan fingerprint density at radius 1 is 1.12 bits per heavy atom. The predicted molar refractivity (Wildman–Crippen MR) is 76.2 cm³/mol. The molecule has 17 heavy (non-hydrogen) atoms. The summed E-state index contributed by atoms with van der Waals surface area (Å²) in [5.74, 6) is 0.0776. The van der Waals surface area contributed by atoms with E-state index in [9.17, 15) is 4.79 Å². The third kappa shape index (κ3) is 5.12. The van der Waals surface area contributed by atoms with E-state index in [1.165, 1.54) is 0 Å². The van der Waals surface area contributed by atoms with E-state index in [-0.39, 0.29) is 5.78 Å². The summed E-state index contributed by atoms with van der Waals surface area (Å²) in [7, 11) is 0. The van der Waals surface area contributed by atoms with Crippen molar-refractivity contribution in [3.05, 3.63) is 66.8 Å². The molecular formula is C16H20O. The van der Waals surface area contributed by atoms with Crippen LogP contribution in [0.5, 0.6) is 0 Å². The van der Waals surface area contributed by atoms with E-state index in [4.69, 9.17) is 0 Å². The molecule has 1 aromatic rings. The lowest BCUT2D eigenvalue weighted by Crippen LogP contribution is -1.91. The molecule has 1 heteroatoms. The number of allylic oxidation sites excluding steroid dienone is 4. The molecule has 0 saturated heterocycles. The molecule has 0 aliphatic heterocycles. The molecule has 1 nitrogen and oxygen atoms in total. The van der Waals surface area contributed by atoms with Gasteiger partial charge in [-0.15, -0.1) is 0 Å². The molecule has 0 N–H and O–H groups in total. The molecule has 0 bridgehead atoms. The van der Waals surface area contributed by atoms with E-state index in [2.05, 4.69) is 13.2 Å². The lowest BCUT2D eigenvalue weighted by atomic mass is 10.0. The Bertz CT molecular complexity index is 408. The van der Waals surface area contributed by atoms with Crippen molar-refractivity contribution in [2.45, 2.75) is 20.8 Å². The van der Waals surface area contributed by atoms with Crippen LogP contribution < -0.4 is 0 Å². The first-order valence-electron chi connectivity index (χ1n) is 5.74. The van der Waals surface area contributed by atoms with E-state index in [0.717, 1.165) is 16.7 Å². The van der Waals surface area contributed by atoms with Gasteiger partial charge in [-0.3, -0.25) is 4.79 Å². The maximum atomic E-state index is 11.0. The van der Waals surface area contributed by atoms with E-state index < -0.39 is 0 Å². The van der Waals surface area contributed by atoms with Gasteiger partial charge in [0.15, 0.2) is 5.78 Å². The maximum Gasteiger partial charge on any atom is 0.159 e. The summed E-state index contributed by atoms with van der Waals surface area (Å²) >= 11 is 0. The molecule has 0 aliphatic carbocycles. The van der Waals surface area contributed by atoms with Crippen LogP contribution in [0.4, 0.5) is 0 Å². The summed E-state index contributed by atoms with van der Waals surface area (Å²) in [5.41, 5.74) is 2.64. The molecule has 0 fully saturated rings. The van der Waals surface area contributed by atoms with Crippen LogP contribution in [0.3, 0.4) is 0 Å². The molecule has 0 spiro atoms. The van der Waals surface area contributed by atoms with E-state index in [0.29, 0.717) is 0 Å². The van der Waals surface area contributed by atoms with Gasteiger partial charge in [-0.05, 0) is 18.1 Å². The third-order valence-corrected chi connectivity index (χ3v) is 2.10. The van der Waals surface area contributed by atoms with Crippen LogP contribution >= 0.6 is 0 Å². The Morgan fingerprint density at radius 3 is 2.00 bits per heavy atom. The van der Waals surface area contributed by atoms with Crippen LogP contribution in [0.2, 0.25) is 0 Å². The van der Waals surface area contributed by atoms with Gasteiger partial charge >= 0.3 is 0 Å². The zero-order valence-corrected chi connectivity index (χ0v) is 10.9. The van der Waals surface area contributed by atoms with E-state index >= 15 is 0 Å². The minimum atomic E-state index is 0.0776. The molecule has 0 aliphatic rings. The van der Waals surface area contributed by atoms with Crippen LogP contribution in [0.1, 0.15) is 36.7 Å². The molecule has 0 heterocycles. The molecule has 0 unspecified atom stereocenters. The largest absolute Gasteiger partial charge is 0.295 e. The predicted octanol–water partition coefficient (Wildman–Crippen LogP) is 4.67. The second-order valence-corrected chi connectivity index (χ2v) is 3.25. The van der Waals surface area contributed by atoms with E-state index in [1.807, 2.05) is 50.3 Å². The SMILES string of the molecule is C=C/C=C\C(=C)c1ccc(C(C)=O)cc1.CC. The zero-order valence-electron chi connectivity index (χ0n) is 10.9. The Morgan fingerprint density at radius 2 is 1.59 bits per heavy atom. The lowest BCUT2D eigenvalue weighted by molar-refractivity contribution is 0.101. The first-order valence-corrected chi connectivity index (χ1v) is 5.74. The highest BCUT2D eigenvalue weighted by molar-refractivity contribution is 5.94. The van der Waals surface area contributed by atoms with E-state index in [1.54, 1.807) is 13.0 Å². The normalized spacial score (nSPS) is 9.35. The van der Waals surface area contributed by atoms with Gasteiger partial charge in [-0.1, -0.05) is 69.5 Å². The molecule has 1 rings (SSSR count). The number of carbonyl (C=O) groups excluding carboxylic acids is 1. The van der Waals surface area contributed by atoms with Gasteiger partial charge < -0.3 is 0 Å². The Hall–Kier alpha value is -1.89. The first-order chi connectivity index (χ1) is 8.15. The van der Waals surface area contributed by atoms with Crippen molar-refractivity contribution in [1.82, 2.24) is 0 Å². The molecule has 0 aromatic heterocycles. The molecule has 90 valence electrons. The number of carbonyl (C=O) groups is 1. The van der Waals surface area contributed by atoms with Gasteiger partial charge in [0, 0.05) is 5.56 Å². The van der Waals surface area contributed by atoms with Gasteiger partial charge in [0.25, 0.3) is 0 Å². The minimum Gasteiger partial charge on any atom is -0.295 e. The Balaban J connectivity index is 0.00000121. The highest BCUT2D eigenvalue weighted by atomic mass is 16.1. The van der Waals surface area contributed by atoms with Crippen LogP contribution in [0.25, 0.3) is 5.57 Å². The van der Waals surface area contributed by atoms with Crippen molar-refractivity contribution in [1.29, 1.82) is 0 Å². The van der Waals surface area contributed by atoms with Gasteiger partial charge in [0.2, 0.25) is 0 Å². The van der Waals surface area contributed by atoms with Gasteiger partial charge in [-0.2, -0.15) is 0 Å². The van der Waals surface area contributed by atoms with Crippen LogP contribution in [-0.2, 0) is 0 Å². The van der Waals surface area contributed by atoms with Crippen molar-refractivity contribution in [2.24, 2.45) is 0 Å². The Kier molecular flexibility index (Phi) is 7.36. The summed E-state index contributed by atoms with van der Waals surface area (Å²) < 4.78 is 0. The monoisotopic (exact) mass is 228 g/mol. The fourth-order valence-electron chi connectivity index (χ4n) is 1.20. The van der Waals surface area contributed by atoms with Crippen molar-refractivity contribution < 1.29 is 4.79 Å². The van der Waals surface area contributed by atoms with Gasteiger partial charge in [0.1, 0.15) is 0 Å². The van der Waals surface area contributed by atoms with Crippen molar-refractivity contribution in [3.63, 3.8) is 0 Å². The summed E-state index contributed by atoms with van der Waals surface area (Å²) in [6.45, 7) is 13.1. The second-order valence-electron chi connectivity index (χ2n) is 3.25. The number of hydrogen-bond acceptors (Lipinski definition) is 1. The summed E-state index contributed by atoms with van der Waals surface area (Å²) in [6, 6.07) is 7.41. The Labute approximate surface area is 104 Å².